The molecule has 0 aromatic heterocycles. The highest BCUT2D eigenvalue weighted by atomic mass is 16.3. The van der Waals surface area contributed by atoms with Crippen LogP contribution in [0.3, 0.4) is 0 Å². The summed E-state index contributed by atoms with van der Waals surface area (Å²) in [6.45, 7) is 6.57. The van der Waals surface area contributed by atoms with Crippen molar-refractivity contribution in [1.82, 2.24) is 14.7 Å². The van der Waals surface area contributed by atoms with Crippen molar-refractivity contribution in [3.05, 3.63) is 42.5 Å². The molecule has 0 bridgehead atoms. The third-order valence-electron chi connectivity index (χ3n) is 5.25. The van der Waals surface area contributed by atoms with Crippen molar-refractivity contribution in [2.45, 2.75) is 12.8 Å². The Hall–Kier alpha value is -2.83. The summed E-state index contributed by atoms with van der Waals surface area (Å²) in [5, 5.41) is 9.34. The lowest BCUT2D eigenvalue weighted by Crippen LogP contribution is -2.54. The zero-order valence-electron chi connectivity index (χ0n) is 15.3. The minimum atomic E-state index is -0.179. The van der Waals surface area contributed by atoms with Crippen LogP contribution in [0.4, 0.5) is 0 Å². The van der Waals surface area contributed by atoms with Crippen molar-refractivity contribution in [2.24, 2.45) is 5.92 Å². The molecule has 144 valence electrons. The van der Waals surface area contributed by atoms with Gasteiger partial charge >= 0.3 is 0 Å². The van der Waals surface area contributed by atoms with Gasteiger partial charge in [0, 0.05) is 44.8 Å². The summed E-state index contributed by atoms with van der Waals surface area (Å²) in [4.78, 5) is 42.4. The molecule has 3 rings (SSSR count). The van der Waals surface area contributed by atoms with Gasteiger partial charge in [-0.1, -0.05) is 6.58 Å². The minimum Gasteiger partial charge on any atom is -0.508 e. The van der Waals surface area contributed by atoms with E-state index >= 15 is 0 Å². The van der Waals surface area contributed by atoms with Crippen molar-refractivity contribution in [3.8, 4) is 5.75 Å². The number of hydrogen-bond acceptors (Lipinski definition) is 4. The van der Waals surface area contributed by atoms with Crippen molar-refractivity contribution < 1.29 is 19.5 Å². The van der Waals surface area contributed by atoms with Gasteiger partial charge in [-0.3, -0.25) is 14.4 Å². The van der Waals surface area contributed by atoms with Gasteiger partial charge in [-0.25, -0.2) is 0 Å². The van der Waals surface area contributed by atoms with E-state index < -0.39 is 0 Å². The molecule has 2 fully saturated rings. The maximum absolute atomic E-state index is 12.8. The highest BCUT2D eigenvalue weighted by Gasteiger charge is 2.32. The normalized spacial score (nSPS) is 20.3. The second-order valence-electron chi connectivity index (χ2n) is 6.99. The van der Waals surface area contributed by atoms with E-state index in [4.69, 9.17) is 0 Å². The molecule has 2 saturated heterocycles. The van der Waals surface area contributed by atoms with Crippen LogP contribution in [-0.2, 0) is 9.59 Å². The Morgan fingerprint density at radius 2 is 1.59 bits per heavy atom. The average molecular weight is 371 g/mol. The van der Waals surface area contributed by atoms with Gasteiger partial charge in [-0.2, -0.15) is 0 Å². The maximum atomic E-state index is 12.8. The van der Waals surface area contributed by atoms with E-state index in [9.17, 15) is 19.5 Å². The summed E-state index contributed by atoms with van der Waals surface area (Å²) in [7, 11) is 0. The molecule has 0 radical (unpaired) electrons. The number of rotatable bonds is 3. The molecule has 1 aromatic carbocycles. The quantitative estimate of drug-likeness (QED) is 0.807. The molecular formula is C20H25N3O4. The lowest BCUT2D eigenvalue weighted by Gasteiger charge is -2.38. The number of hydrogen-bond donors (Lipinski definition) is 1. The van der Waals surface area contributed by atoms with Gasteiger partial charge < -0.3 is 19.8 Å². The number of piperidine rings is 1. The standard InChI is InChI=1S/C20H25N3O4/c1-2-18(25)23-9-3-4-16(14-23)20(27)22-12-10-21(11-13-22)19(26)15-5-7-17(24)8-6-15/h2,5-8,16,24H,1,3-4,9-14H2. The number of benzene rings is 1. The van der Waals surface area contributed by atoms with Crippen molar-refractivity contribution in [2.75, 3.05) is 39.3 Å². The molecule has 1 aromatic rings. The first kappa shape index (κ1) is 18.9. The molecule has 0 aliphatic carbocycles. The molecule has 2 aliphatic rings. The average Bonchev–Trinajstić information content (AvgIpc) is 2.73. The number of phenols is 1. The minimum absolute atomic E-state index is 0.0632. The van der Waals surface area contributed by atoms with Gasteiger partial charge in [-0.15, -0.1) is 0 Å². The summed E-state index contributed by atoms with van der Waals surface area (Å²) in [6.07, 6.45) is 2.89. The number of nitrogens with zero attached hydrogens (tertiary/aromatic N) is 3. The maximum Gasteiger partial charge on any atom is 0.253 e. The fourth-order valence-corrected chi connectivity index (χ4v) is 3.68. The molecule has 1 unspecified atom stereocenters. The van der Waals surface area contributed by atoms with Crippen molar-refractivity contribution in [1.29, 1.82) is 0 Å². The molecule has 1 atom stereocenters. The Bertz CT molecular complexity index is 723. The number of piperazine rings is 1. The molecule has 1 N–H and O–H groups in total. The van der Waals surface area contributed by atoms with Crippen LogP contribution in [-0.4, -0.2) is 76.8 Å². The summed E-state index contributed by atoms with van der Waals surface area (Å²) < 4.78 is 0. The third-order valence-corrected chi connectivity index (χ3v) is 5.25. The number of amides is 3. The highest BCUT2D eigenvalue weighted by molar-refractivity contribution is 5.94. The van der Waals surface area contributed by atoms with Gasteiger partial charge in [0.05, 0.1) is 5.92 Å². The van der Waals surface area contributed by atoms with Gasteiger partial charge in [0.1, 0.15) is 5.75 Å². The summed E-state index contributed by atoms with van der Waals surface area (Å²) in [5.41, 5.74) is 0.526. The molecule has 3 amide bonds. The number of carbonyl (C=O) groups excluding carboxylic acids is 3. The summed E-state index contributed by atoms with van der Waals surface area (Å²) in [5.74, 6) is -0.215. The Morgan fingerprint density at radius 3 is 2.22 bits per heavy atom. The summed E-state index contributed by atoms with van der Waals surface area (Å²) >= 11 is 0. The Morgan fingerprint density at radius 1 is 0.963 bits per heavy atom. The van der Waals surface area contributed by atoms with Crippen LogP contribution in [0.2, 0.25) is 0 Å². The molecule has 2 heterocycles. The highest BCUT2D eigenvalue weighted by Crippen LogP contribution is 2.21. The fourth-order valence-electron chi connectivity index (χ4n) is 3.68. The van der Waals surface area contributed by atoms with Crippen molar-refractivity contribution >= 4 is 17.7 Å². The van der Waals surface area contributed by atoms with E-state index in [1.54, 1.807) is 26.8 Å². The first-order valence-electron chi connectivity index (χ1n) is 9.28. The van der Waals surface area contributed by atoms with E-state index in [2.05, 4.69) is 6.58 Å². The smallest absolute Gasteiger partial charge is 0.253 e. The van der Waals surface area contributed by atoms with Crippen LogP contribution >= 0.6 is 0 Å². The fraction of sp³-hybridized carbons (Fsp3) is 0.450. The zero-order valence-corrected chi connectivity index (χ0v) is 15.3. The molecule has 7 nitrogen and oxygen atoms in total. The first-order valence-corrected chi connectivity index (χ1v) is 9.28. The molecular weight excluding hydrogens is 346 g/mol. The summed E-state index contributed by atoms with van der Waals surface area (Å²) in [6, 6.07) is 6.18. The number of phenolic OH excluding ortho intramolecular Hbond substituents is 1. The Labute approximate surface area is 158 Å². The van der Waals surface area contributed by atoms with E-state index in [0.29, 0.717) is 44.8 Å². The largest absolute Gasteiger partial charge is 0.508 e. The Kier molecular flexibility index (Phi) is 5.78. The molecule has 2 aliphatic heterocycles. The molecule has 27 heavy (non-hydrogen) atoms. The third kappa shape index (κ3) is 4.30. The lowest BCUT2D eigenvalue weighted by atomic mass is 9.96. The van der Waals surface area contributed by atoms with Crippen LogP contribution < -0.4 is 0 Å². The number of carbonyl (C=O) groups is 3. The predicted molar refractivity (Wildman–Crippen MR) is 100 cm³/mol. The van der Waals surface area contributed by atoms with Crippen LogP contribution in [0, 0.1) is 5.92 Å². The molecule has 7 heteroatoms. The second-order valence-corrected chi connectivity index (χ2v) is 6.99. The van der Waals surface area contributed by atoms with Gasteiger partial charge in [0.25, 0.3) is 5.91 Å². The SMILES string of the molecule is C=CC(=O)N1CCCC(C(=O)N2CCN(C(=O)c3ccc(O)cc3)CC2)C1. The lowest BCUT2D eigenvalue weighted by molar-refractivity contribution is -0.140. The van der Waals surface area contributed by atoms with Crippen molar-refractivity contribution in [3.63, 3.8) is 0 Å². The van der Waals surface area contributed by atoms with Crippen LogP contribution in [0.1, 0.15) is 23.2 Å². The van der Waals surface area contributed by atoms with Gasteiger partial charge in [0.2, 0.25) is 11.8 Å². The zero-order chi connectivity index (χ0) is 19.4. The first-order chi connectivity index (χ1) is 13.0. The number of aromatic hydroxyl groups is 1. The Balaban J connectivity index is 1.54. The topological polar surface area (TPSA) is 81.2 Å². The predicted octanol–water partition coefficient (Wildman–Crippen LogP) is 1.10. The van der Waals surface area contributed by atoms with Crippen LogP contribution in [0.15, 0.2) is 36.9 Å². The van der Waals surface area contributed by atoms with E-state index in [1.165, 1.54) is 18.2 Å². The molecule has 0 spiro atoms. The molecule has 0 saturated carbocycles. The monoisotopic (exact) mass is 371 g/mol. The second kappa shape index (κ2) is 8.24. The van der Waals surface area contributed by atoms with E-state index in [1.807, 2.05) is 0 Å². The van der Waals surface area contributed by atoms with Crippen LogP contribution in [0.25, 0.3) is 0 Å². The van der Waals surface area contributed by atoms with E-state index in [-0.39, 0.29) is 29.4 Å². The number of likely N-dealkylation sites (tertiary alicyclic amines) is 1. The van der Waals surface area contributed by atoms with Crippen LogP contribution in [0.5, 0.6) is 5.75 Å². The van der Waals surface area contributed by atoms with E-state index in [0.717, 1.165) is 12.8 Å². The van der Waals surface area contributed by atoms with Gasteiger partial charge in [0.15, 0.2) is 0 Å². The van der Waals surface area contributed by atoms with Gasteiger partial charge in [-0.05, 0) is 43.2 Å².